The number of ether oxygens (including phenoxy) is 1. The molecule has 2 aliphatic rings. The maximum atomic E-state index is 12.6. The summed E-state index contributed by atoms with van der Waals surface area (Å²) in [5.74, 6) is -0.00322. The molecule has 0 bridgehead atoms. The van der Waals surface area contributed by atoms with E-state index in [1.54, 1.807) is 19.5 Å². The fourth-order valence-corrected chi connectivity index (χ4v) is 3.74. The van der Waals surface area contributed by atoms with Crippen LogP contribution in [0.25, 0.3) is 0 Å². The van der Waals surface area contributed by atoms with E-state index in [0.29, 0.717) is 31.8 Å². The number of hydrogen-bond acceptors (Lipinski definition) is 4. The predicted octanol–water partition coefficient (Wildman–Crippen LogP) is 1.00. The lowest BCUT2D eigenvalue weighted by Gasteiger charge is -2.41. The van der Waals surface area contributed by atoms with E-state index in [1.165, 1.54) is 0 Å². The number of methoxy groups -OCH3 is 1. The molecule has 0 aromatic carbocycles. The molecule has 6 heteroatoms. The van der Waals surface area contributed by atoms with Crippen LogP contribution in [0, 0.1) is 18.3 Å². The van der Waals surface area contributed by atoms with Crippen molar-refractivity contribution in [2.75, 3.05) is 33.4 Å². The number of likely N-dealkylation sites (tertiary alicyclic amines) is 1. The van der Waals surface area contributed by atoms with Gasteiger partial charge >= 0.3 is 0 Å². The quantitative estimate of drug-likeness (QED) is 0.903. The van der Waals surface area contributed by atoms with Crippen molar-refractivity contribution in [3.63, 3.8) is 0 Å². The monoisotopic (exact) mass is 317 g/mol. The Labute approximate surface area is 136 Å². The number of carbonyl (C=O) groups is 2. The molecule has 0 saturated carbocycles. The number of piperidine rings is 1. The van der Waals surface area contributed by atoms with Crippen molar-refractivity contribution in [1.82, 2.24) is 15.2 Å². The first-order chi connectivity index (χ1) is 11.1. The minimum absolute atomic E-state index is 0.0247. The Morgan fingerprint density at radius 3 is 2.83 bits per heavy atom. The highest BCUT2D eigenvalue weighted by atomic mass is 16.5. The molecule has 0 radical (unpaired) electrons. The standard InChI is InChI=1S/C17H23N3O3/c1-12-7-13(9-18-8-12)16(22)20-5-3-17(4-6-20)11-19-15(21)14(17)10-23-2/h7-9,14H,3-6,10-11H2,1-2H3,(H,19,21)/t14-/m1/s1. The molecule has 6 nitrogen and oxygen atoms in total. The van der Waals surface area contributed by atoms with Crippen molar-refractivity contribution in [2.24, 2.45) is 11.3 Å². The third-order valence-electron chi connectivity index (χ3n) is 5.17. The lowest BCUT2D eigenvalue weighted by molar-refractivity contribution is -0.126. The Hall–Kier alpha value is -1.95. The lowest BCUT2D eigenvalue weighted by Crippen LogP contribution is -2.47. The smallest absolute Gasteiger partial charge is 0.255 e. The average Bonchev–Trinajstić information content (AvgIpc) is 2.85. The zero-order chi connectivity index (χ0) is 16.4. The Bertz CT molecular complexity index is 609. The van der Waals surface area contributed by atoms with E-state index in [4.69, 9.17) is 4.74 Å². The van der Waals surface area contributed by atoms with Gasteiger partial charge in [-0.25, -0.2) is 0 Å². The first-order valence-corrected chi connectivity index (χ1v) is 8.03. The molecule has 1 aromatic rings. The predicted molar refractivity (Wildman–Crippen MR) is 84.9 cm³/mol. The summed E-state index contributed by atoms with van der Waals surface area (Å²) in [4.78, 5) is 30.6. The van der Waals surface area contributed by atoms with Crippen LogP contribution in [0.3, 0.4) is 0 Å². The molecule has 1 atom stereocenters. The molecule has 2 aliphatic heterocycles. The highest BCUT2D eigenvalue weighted by molar-refractivity contribution is 5.94. The van der Waals surface area contributed by atoms with Gasteiger partial charge in [0.05, 0.1) is 18.1 Å². The van der Waals surface area contributed by atoms with Gasteiger partial charge < -0.3 is 15.0 Å². The van der Waals surface area contributed by atoms with Gasteiger partial charge in [0, 0.05) is 44.6 Å². The van der Waals surface area contributed by atoms with E-state index < -0.39 is 0 Å². The van der Waals surface area contributed by atoms with Crippen molar-refractivity contribution in [2.45, 2.75) is 19.8 Å². The van der Waals surface area contributed by atoms with Crippen LogP contribution in [-0.2, 0) is 9.53 Å². The molecule has 0 aliphatic carbocycles. The van der Waals surface area contributed by atoms with Gasteiger partial charge in [-0.2, -0.15) is 0 Å². The van der Waals surface area contributed by atoms with Gasteiger partial charge in [0.15, 0.2) is 0 Å². The van der Waals surface area contributed by atoms with Gasteiger partial charge in [0.25, 0.3) is 5.91 Å². The largest absolute Gasteiger partial charge is 0.384 e. The SMILES string of the molecule is COC[C@@H]1C(=O)NCC12CCN(C(=O)c1cncc(C)c1)CC2. The number of carbonyl (C=O) groups excluding carboxylic acids is 2. The summed E-state index contributed by atoms with van der Waals surface area (Å²) in [6.07, 6.45) is 5.01. The van der Waals surface area contributed by atoms with Crippen LogP contribution in [0.5, 0.6) is 0 Å². The molecule has 1 aromatic heterocycles. The van der Waals surface area contributed by atoms with Crippen molar-refractivity contribution < 1.29 is 14.3 Å². The number of nitrogens with zero attached hydrogens (tertiary/aromatic N) is 2. The topological polar surface area (TPSA) is 71.5 Å². The summed E-state index contributed by atoms with van der Waals surface area (Å²) in [7, 11) is 1.63. The Kier molecular flexibility index (Phi) is 4.35. The van der Waals surface area contributed by atoms with Crippen LogP contribution in [-0.4, -0.2) is 55.0 Å². The van der Waals surface area contributed by atoms with Gasteiger partial charge in [-0.1, -0.05) is 0 Å². The van der Waals surface area contributed by atoms with Crippen LogP contribution in [0.1, 0.15) is 28.8 Å². The minimum atomic E-state index is -0.106. The van der Waals surface area contributed by atoms with E-state index in [2.05, 4.69) is 10.3 Å². The normalized spacial score (nSPS) is 23.1. The molecular weight excluding hydrogens is 294 g/mol. The Balaban J connectivity index is 1.68. The fourth-order valence-electron chi connectivity index (χ4n) is 3.74. The van der Waals surface area contributed by atoms with E-state index in [-0.39, 0.29) is 23.1 Å². The highest BCUT2D eigenvalue weighted by Gasteiger charge is 2.49. The molecule has 1 spiro atoms. The minimum Gasteiger partial charge on any atom is -0.384 e. The van der Waals surface area contributed by atoms with Gasteiger partial charge in [0.1, 0.15) is 0 Å². The molecule has 2 fully saturated rings. The molecule has 3 heterocycles. The van der Waals surface area contributed by atoms with Crippen LogP contribution < -0.4 is 5.32 Å². The van der Waals surface area contributed by atoms with Crippen LogP contribution >= 0.6 is 0 Å². The molecule has 0 unspecified atom stereocenters. The Morgan fingerprint density at radius 2 is 2.17 bits per heavy atom. The Morgan fingerprint density at radius 1 is 1.43 bits per heavy atom. The number of pyridine rings is 1. The third-order valence-corrected chi connectivity index (χ3v) is 5.17. The summed E-state index contributed by atoms with van der Waals surface area (Å²) < 4.78 is 5.23. The van der Waals surface area contributed by atoms with Gasteiger partial charge in [0.2, 0.25) is 5.91 Å². The van der Waals surface area contributed by atoms with Crippen molar-refractivity contribution in [3.8, 4) is 0 Å². The van der Waals surface area contributed by atoms with E-state index in [0.717, 1.165) is 18.4 Å². The number of aromatic nitrogens is 1. The van der Waals surface area contributed by atoms with Crippen LogP contribution in [0.2, 0.25) is 0 Å². The number of hydrogen-bond donors (Lipinski definition) is 1. The molecular formula is C17H23N3O3. The van der Waals surface area contributed by atoms with E-state index in [1.807, 2.05) is 17.9 Å². The fraction of sp³-hybridized carbons (Fsp3) is 0.588. The van der Waals surface area contributed by atoms with Crippen molar-refractivity contribution in [3.05, 3.63) is 29.6 Å². The van der Waals surface area contributed by atoms with Gasteiger partial charge in [-0.3, -0.25) is 14.6 Å². The van der Waals surface area contributed by atoms with Gasteiger partial charge in [-0.15, -0.1) is 0 Å². The second-order valence-corrected chi connectivity index (χ2v) is 6.63. The molecule has 2 saturated heterocycles. The van der Waals surface area contributed by atoms with Gasteiger partial charge in [-0.05, 0) is 31.4 Å². The summed E-state index contributed by atoms with van der Waals surface area (Å²) in [6.45, 7) is 4.40. The molecule has 124 valence electrons. The second-order valence-electron chi connectivity index (χ2n) is 6.63. The highest BCUT2D eigenvalue weighted by Crippen LogP contribution is 2.42. The maximum Gasteiger partial charge on any atom is 0.255 e. The third kappa shape index (κ3) is 2.95. The number of aryl methyl sites for hydroxylation is 1. The number of rotatable bonds is 3. The molecule has 1 N–H and O–H groups in total. The zero-order valence-electron chi connectivity index (χ0n) is 13.7. The van der Waals surface area contributed by atoms with E-state index >= 15 is 0 Å². The first-order valence-electron chi connectivity index (χ1n) is 8.03. The van der Waals surface area contributed by atoms with Crippen LogP contribution in [0.15, 0.2) is 18.5 Å². The summed E-state index contributed by atoms with van der Waals surface area (Å²) in [5.41, 5.74) is 1.54. The van der Waals surface area contributed by atoms with Crippen molar-refractivity contribution >= 4 is 11.8 Å². The lowest BCUT2D eigenvalue weighted by atomic mass is 9.71. The summed E-state index contributed by atoms with van der Waals surface area (Å²) in [5, 5.41) is 2.97. The number of amides is 2. The van der Waals surface area contributed by atoms with Crippen molar-refractivity contribution in [1.29, 1.82) is 0 Å². The van der Waals surface area contributed by atoms with E-state index in [9.17, 15) is 9.59 Å². The molecule has 3 rings (SSSR count). The first kappa shape index (κ1) is 15.9. The van der Waals surface area contributed by atoms with Crippen LogP contribution in [0.4, 0.5) is 0 Å². The summed E-state index contributed by atoms with van der Waals surface area (Å²) in [6, 6.07) is 1.87. The molecule has 23 heavy (non-hydrogen) atoms. The number of nitrogens with one attached hydrogen (secondary N) is 1. The average molecular weight is 317 g/mol. The second kappa shape index (κ2) is 6.28. The summed E-state index contributed by atoms with van der Waals surface area (Å²) >= 11 is 0. The zero-order valence-corrected chi connectivity index (χ0v) is 13.7. The molecule has 2 amide bonds. The maximum absolute atomic E-state index is 12.6.